The van der Waals surface area contributed by atoms with Crippen LogP contribution >= 0.6 is 0 Å². The van der Waals surface area contributed by atoms with Crippen molar-refractivity contribution in [1.82, 2.24) is 4.98 Å². The smallest absolute Gasteiger partial charge is 0.274 e. The predicted molar refractivity (Wildman–Crippen MR) is 114 cm³/mol. The van der Waals surface area contributed by atoms with Gasteiger partial charge in [-0.25, -0.2) is 0 Å². The van der Waals surface area contributed by atoms with Crippen LogP contribution in [0.4, 0.5) is 17.1 Å². The van der Waals surface area contributed by atoms with Gasteiger partial charge in [0.05, 0.1) is 0 Å². The van der Waals surface area contributed by atoms with Gasteiger partial charge in [0.25, 0.3) is 11.8 Å². The Morgan fingerprint density at radius 2 is 1.90 bits per heavy atom. The highest BCUT2D eigenvalue weighted by molar-refractivity contribution is 6.03. The maximum Gasteiger partial charge on any atom is 0.274 e. The number of hydrogen-bond acceptors (Lipinski definition) is 5. The van der Waals surface area contributed by atoms with E-state index in [0.29, 0.717) is 23.7 Å². The summed E-state index contributed by atoms with van der Waals surface area (Å²) in [5, 5.41) is 5.68. The van der Waals surface area contributed by atoms with Crippen LogP contribution in [0.2, 0.25) is 0 Å². The van der Waals surface area contributed by atoms with E-state index in [1.807, 2.05) is 13.1 Å². The van der Waals surface area contributed by atoms with Crippen molar-refractivity contribution in [3.63, 3.8) is 0 Å². The van der Waals surface area contributed by atoms with Gasteiger partial charge in [0.2, 0.25) is 0 Å². The van der Waals surface area contributed by atoms with E-state index in [1.54, 1.807) is 36.5 Å². The summed E-state index contributed by atoms with van der Waals surface area (Å²) in [5.41, 5.74) is 2.63. The Morgan fingerprint density at radius 1 is 1.17 bits per heavy atom. The van der Waals surface area contributed by atoms with Gasteiger partial charge in [-0.15, -0.1) is 0 Å². The van der Waals surface area contributed by atoms with Gasteiger partial charge >= 0.3 is 0 Å². The largest absolute Gasteiger partial charge is 0.374 e. The number of amides is 2. The van der Waals surface area contributed by atoms with E-state index in [2.05, 4.69) is 27.4 Å². The molecule has 2 N–H and O–H groups in total. The molecule has 29 heavy (non-hydrogen) atoms. The molecule has 1 aromatic carbocycles. The van der Waals surface area contributed by atoms with E-state index in [9.17, 15) is 9.59 Å². The quantitative estimate of drug-likeness (QED) is 0.711. The molecular formula is C22H28N4O3. The molecule has 1 aliphatic rings. The van der Waals surface area contributed by atoms with Gasteiger partial charge in [-0.3, -0.25) is 14.6 Å². The Balaban J connectivity index is 1.58. The number of ether oxygens (including phenoxy) is 1. The molecule has 1 saturated heterocycles. The van der Waals surface area contributed by atoms with Gasteiger partial charge in [0, 0.05) is 43.5 Å². The molecule has 7 nitrogen and oxygen atoms in total. The van der Waals surface area contributed by atoms with Crippen molar-refractivity contribution >= 4 is 28.9 Å². The summed E-state index contributed by atoms with van der Waals surface area (Å²) in [5.74, 6) is -0.403. The zero-order chi connectivity index (χ0) is 20.6. The molecule has 0 saturated carbocycles. The Bertz CT molecular complexity index is 832. The second-order valence-electron chi connectivity index (χ2n) is 7.20. The van der Waals surface area contributed by atoms with Crippen LogP contribution in [0.3, 0.4) is 0 Å². The molecule has 2 aromatic rings. The van der Waals surface area contributed by atoms with Gasteiger partial charge in [0.1, 0.15) is 11.8 Å². The molecule has 1 atom stereocenters. The van der Waals surface area contributed by atoms with E-state index in [1.165, 1.54) is 0 Å². The van der Waals surface area contributed by atoms with Crippen LogP contribution in [0, 0.1) is 0 Å². The number of pyridine rings is 1. The minimum absolute atomic E-state index is 0.132. The molecule has 0 spiro atoms. The molecule has 7 heteroatoms. The summed E-state index contributed by atoms with van der Waals surface area (Å²) in [4.78, 5) is 31.0. The predicted octanol–water partition coefficient (Wildman–Crippen LogP) is 3.69. The van der Waals surface area contributed by atoms with Crippen molar-refractivity contribution in [3.05, 3.63) is 48.3 Å². The third-order valence-corrected chi connectivity index (χ3v) is 4.90. The third-order valence-electron chi connectivity index (χ3n) is 4.90. The highest BCUT2D eigenvalue weighted by Crippen LogP contribution is 2.19. The second kappa shape index (κ2) is 10.0. The van der Waals surface area contributed by atoms with Crippen LogP contribution in [0.5, 0.6) is 0 Å². The molecular weight excluding hydrogens is 368 g/mol. The monoisotopic (exact) mass is 396 g/mol. The Hall–Kier alpha value is -2.93. The van der Waals surface area contributed by atoms with Crippen LogP contribution in [-0.4, -0.2) is 43.1 Å². The lowest BCUT2D eigenvalue weighted by atomic mass is 10.2. The number of nitrogens with one attached hydrogen (secondary N) is 2. The van der Waals surface area contributed by atoms with Crippen LogP contribution in [0.1, 0.15) is 43.1 Å². The number of aromatic nitrogens is 1. The van der Waals surface area contributed by atoms with Crippen molar-refractivity contribution in [2.24, 2.45) is 0 Å². The lowest BCUT2D eigenvalue weighted by molar-refractivity contribution is -0.124. The van der Waals surface area contributed by atoms with Crippen molar-refractivity contribution in [3.8, 4) is 0 Å². The Kier molecular flexibility index (Phi) is 7.19. The summed E-state index contributed by atoms with van der Waals surface area (Å²) in [7, 11) is 2.01. The average Bonchev–Trinajstić information content (AvgIpc) is 3.28. The Morgan fingerprint density at radius 3 is 2.55 bits per heavy atom. The fraction of sp³-hybridized carbons (Fsp3) is 0.409. The van der Waals surface area contributed by atoms with E-state index in [0.717, 1.165) is 37.9 Å². The summed E-state index contributed by atoms with van der Waals surface area (Å²) in [6.45, 7) is 3.71. The lowest BCUT2D eigenvalue weighted by Crippen LogP contribution is -2.26. The van der Waals surface area contributed by atoms with Crippen molar-refractivity contribution in [1.29, 1.82) is 0 Å². The number of nitrogens with zero attached hydrogens (tertiary/aromatic N) is 2. The second-order valence-corrected chi connectivity index (χ2v) is 7.20. The van der Waals surface area contributed by atoms with Crippen LogP contribution < -0.4 is 15.5 Å². The van der Waals surface area contributed by atoms with E-state index < -0.39 is 0 Å². The lowest BCUT2D eigenvalue weighted by Gasteiger charge is -2.19. The van der Waals surface area contributed by atoms with E-state index >= 15 is 0 Å². The molecule has 0 bridgehead atoms. The molecule has 2 heterocycles. The molecule has 0 radical (unpaired) electrons. The van der Waals surface area contributed by atoms with Gasteiger partial charge in [-0.2, -0.15) is 0 Å². The maximum absolute atomic E-state index is 12.6. The number of rotatable bonds is 8. The van der Waals surface area contributed by atoms with Crippen molar-refractivity contribution in [2.75, 3.05) is 35.7 Å². The maximum atomic E-state index is 12.6. The van der Waals surface area contributed by atoms with Crippen LogP contribution in [0.25, 0.3) is 0 Å². The molecule has 0 aliphatic carbocycles. The summed E-state index contributed by atoms with van der Waals surface area (Å²) >= 11 is 0. The van der Waals surface area contributed by atoms with E-state index in [-0.39, 0.29) is 17.9 Å². The number of carbonyl (C=O) groups is 2. The summed E-state index contributed by atoms with van der Waals surface area (Å²) < 4.78 is 5.38. The minimum Gasteiger partial charge on any atom is -0.374 e. The van der Waals surface area contributed by atoms with Gasteiger partial charge in [-0.1, -0.05) is 13.3 Å². The minimum atomic E-state index is -0.372. The first-order valence-corrected chi connectivity index (χ1v) is 10.1. The third kappa shape index (κ3) is 5.77. The fourth-order valence-electron chi connectivity index (χ4n) is 3.14. The first-order chi connectivity index (χ1) is 14.1. The van der Waals surface area contributed by atoms with Gasteiger partial charge in [-0.05, 0) is 55.7 Å². The standard InChI is InChI=1S/C22H28N4O3/c1-3-4-13-26(2)18-11-12-23-19(15-18)21(27)24-16-7-9-17(10-8-16)25-22(28)20-6-5-14-29-20/h7-12,15,20H,3-6,13-14H2,1-2H3,(H,24,27)(H,25,28). The molecule has 1 aromatic heterocycles. The molecule has 2 amide bonds. The topological polar surface area (TPSA) is 83.6 Å². The first kappa shape index (κ1) is 20.8. The van der Waals surface area contributed by atoms with Crippen LogP contribution in [0.15, 0.2) is 42.6 Å². The molecule has 1 unspecified atom stereocenters. The van der Waals surface area contributed by atoms with Crippen molar-refractivity contribution < 1.29 is 14.3 Å². The normalized spacial score (nSPS) is 15.7. The summed E-state index contributed by atoms with van der Waals surface area (Å²) in [6.07, 6.45) is 5.15. The van der Waals surface area contributed by atoms with Gasteiger partial charge < -0.3 is 20.3 Å². The first-order valence-electron chi connectivity index (χ1n) is 10.1. The highest BCUT2D eigenvalue weighted by atomic mass is 16.5. The molecule has 154 valence electrons. The average molecular weight is 396 g/mol. The van der Waals surface area contributed by atoms with Gasteiger partial charge in [0.15, 0.2) is 0 Å². The molecule has 1 fully saturated rings. The van der Waals surface area contributed by atoms with E-state index in [4.69, 9.17) is 4.74 Å². The number of carbonyl (C=O) groups excluding carboxylic acids is 2. The van der Waals surface area contributed by atoms with Crippen molar-refractivity contribution in [2.45, 2.75) is 38.7 Å². The number of benzene rings is 1. The zero-order valence-corrected chi connectivity index (χ0v) is 17.0. The molecule has 1 aliphatic heterocycles. The summed E-state index contributed by atoms with van der Waals surface area (Å²) in [6, 6.07) is 10.7. The number of anilines is 3. The number of hydrogen-bond donors (Lipinski definition) is 2. The zero-order valence-electron chi connectivity index (χ0n) is 17.0. The van der Waals surface area contributed by atoms with Crippen LogP contribution in [-0.2, 0) is 9.53 Å². The SMILES string of the molecule is CCCCN(C)c1ccnc(C(=O)Nc2ccc(NC(=O)C3CCCO3)cc2)c1. The Labute approximate surface area is 171 Å². The fourth-order valence-corrected chi connectivity index (χ4v) is 3.14. The number of unbranched alkanes of at least 4 members (excludes halogenated alkanes) is 1. The molecule has 3 rings (SSSR count). The highest BCUT2D eigenvalue weighted by Gasteiger charge is 2.23.